The number of hydrogen-bond donors (Lipinski definition) is 1. The molecule has 0 unspecified atom stereocenters. The first kappa shape index (κ1) is 19.5. The fourth-order valence-electron chi connectivity index (χ4n) is 2.72. The molecule has 0 spiro atoms. The van der Waals surface area contributed by atoms with E-state index >= 15 is 0 Å². The zero-order valence-corrected chi connectivity index (χ0v) is 16.8. The molecular weight excluding hydrogens is 348 g/mol. The Balaban J connectivity index is 1.68. The van der Waals surface area contributed by atoms with Crippen LogP contribution in [0.15, 0.2) is 65.8 Å². The average molecular weight is 374 g/mol. The number of anilines is 1. The number of hydrogen-bond acceptors (Lipinski definition) is 4. The van der Waals surface area contributed by atoms with E-state index in [1.54, 1.807) is 13.3 Å². The van der Waals surface area contributed by atoms with Gasteiger partial charge in [0.1, 0.15) is 6.61 Å². The lowest BCUT2D eigenvalue weighted by Crippen LogP contribution is -1.99. The van der Waals surface area contributed by atoms with Crippen LogP contribution in [0.2, 0.25) is 0 Å². The molecule has 0 bridgehead atoms. The molecule has 0 aliphatic rings. The largest absolute Gasteiger partial charge is 0.493 e. The molecule has 0 aliphatic carbocycles. The third-order valence-corrected chi connectivity index (χ3v) is 4.62. The normalized spacial score (nSPS) is 10.9. The van der Waals surface area contributed by atoms with Gasteiger partial charge in [-0.1, -0.05) is 35.9 Å². The first-order valence-corrected chi connectivity index (χ1v) is 9.28. The quantitative estimate of drug-likeness (QED) is 0.429. The Labute approximate surface area is 166 Å². The van der Waals surface area contributed by atoms with Crippen molar-refractivity contribution < 1.29 is 9.47 Å². The molecule has 0 aromatic heterocycles. The molecule has 4 nitrogen and oxygen atoms in total. The van der Waals surface area contributed by atoms with Crippen LogP contribution in [-0.2, 0) is 6.61 Å². The lowest BCUT2D eigenvalue weighted by Gasteiger charge is -2.11. The maximum Gasteiger partial charge on any atom is 0.162 e. The van der Waals surface area contributed by atoms with E-state index < -0.39 is 0 Å². The van der Waals surface area contributed by atoms with Crippen LogP contribution < -0.4 is 14.9 Å². The predicted octanol–water partition coefficient (Wildman–Crippen LogP) is 5.65. The number of aryl methyl sites for hydroxylation is 3. The summed E-state index contributed by atoms with van der Waals surface area (Å²) in [5, 5.41) is 4.34. The Morgan fingerprint density at radius 1 is 0.857 bits per heavy atom. The summed E-state index contributed by atoms with van der Waals surface area (Å²) in [6, 6.07) is 20.2. The standard InChI is InChI=1S/C24H26N2O2/c1-17-5-8-20(9-6-17)16-28-24-14-21(10-12-23(24)27-4)15-25-26-22-11-7-18(2)19(3)13-22/h5-15,26H,16H2,1-4H3/b25-15+. The van der Waals surface area contributed by atoms with Gasteiger partial charge in [0, 0.05) is 0 Å². The maximum atomic E-state index is 5.98. The fraction of sp³-hybridized carbons (Fsp3) is 0.208. The molecule has 3 aromatic carbocycles. The molecule has 4 heteroatoms. The van der Waals surface area contributed by atoms with Crippen LogP contribution in [0.5, 0.6) is 11.5 Å². The highest BCUT2D eigenvalue weighted by molar-refractivity contribution is 5.81. The summed E-state index contributed by atoms with van der Waals surface area (Å²) in [4.78, 5) is 0. The highest BCUT2D eigenvalue weighted by Gasteiger charge is 2.06. The molecule has 28 heavy (non-hydrogen) atoms. The summed E-state index contributed by atoms with van der Waals surface area (Å²) in [5.74, 6) is 1.39. The Morgan fingerprint density at radius 2 is 1.64 bits per heavy atom. The predicted molar refractivity (Wildman–Crippen MR) is 116 cm³/mol. The minimum absolute atomic E-state index is 0.484. The number of rotatable bonds is 7. The smallest absolute Gasteiger partial charge is 0.162 e. The highest BCUT2D eigenvalue weighted by Crippen LogP contribution is 2.28. The molecule has 1 N–H and O–H groups in total. The first-order chi connectivity index (χ1) is 13.5. The molecule has 3 aromatic rings. The number of nitrogens with zero attached hydrogens (tertiary/aromatic N) is 1. The molecule has 0 saturated heterocycles. The van der Waals surface area contributed by atoms with Crippen molar-refractivity contribution >= 4 is 11.9 Å². The Bertz CT molecular complexity index is 963. The maximum absolute atomic E-state index is 5.98. The van der Waals surface area contributed by atoms with Crippen LogP contribution in [0.25, 0.3) is 0 Å². The summed E-state index contributed by atoms with van der Waals surface area (Å²) < 4.78 is 11.4. The first-order valence-electron chi connectivity index (χ1n) is 9.28. The van der Waals surface area contributed by atoms with Crippen LogP contribution >= 0.6 is 0 Å². The van der Waals surface area contributed by atoms with Crippen molar-refractivity contribution in [1.82, 2.24) is 0 Å². The SMILES string of the molecule is COc1ccc(/C=N/Nc2ccc(C)c(C)c2)cc1OCc1ccc(C)cc1. The molecular formula is C24H26N2O2. The van der Waals surface area contributed by atoms with Gasteiger partial charge in [0.2, 0.25) is 0 Å². The number of ether oxygens (including phenoxy) is 2. The molecule has 0 amide bonds. The van der Waals surface area contributed by atoms with Gasteiger partial charge in [-0.25, -0.2) is 0 Å². The van der Waals surface area contributed by atoms with Gasteiger partial charge < -0.3 is 9.47 Å². The minimum Gasteiger partial charge on any atom is -0.493 e. The van der Waals surface area contributed by atoms with Crippen LogP contribution in [0, 0.1) is 20.8 Å². The van der Waals surface area contributed by atoms with Gasteiger partial charge in [-0.05, 0) is 73.4 Å². The van der Waals surface area contributed by atoms with Gasteiger partial charge in [0.25, 0.3) is 0 Å². The van der Waals surface area contributed by atoms with E-state index in [-0.39, 0.29) is 0 Å². The van der Waals surface area contributed by atoms with Crippen molar-refractivity contribution in [3.8, 4) is 11.5 Å². The summed E-state index contributed by atoms with van der Waals surface area (Å²) in [7, 11) is 1.64. The van der Waals surface area contributed by atoms with Crippen LogP contribution in [0.3, 0.4) is 0 Å². The fourth-order valence-corrected chi connectivity index (χ4v) is 2.72. The topological polar surface area (TPSA) is 42.8 Å². The number of hydrazone groups is 1. The third-order valence-electron chi connectivity index (χ3n) is 4.62. The van der Waals surface area contributed by atoms with Crippen LogP contribution in [0.4, 0.5) is 5.69 Å². The van der Waals surface area contributed by atoms with Crippen LogP contribution in [-0.4, -0.2) is 13.3 Å². The van der Waals surface area contributed by atoms with Crippen molar-refractivity contribution in [3.05, 3.63) is 88.5 Å². The van der Waals surface area contributed by atoms with Crippen LogP contribution in [0.1, 0.15) is 27.8 Å². The van der Waals surface area contributed by atoms with Gasteiger partial charge in [-0.3, -0.25) is 5.43 Å². The van der Waals surface area contributed by atoms with Gasteiger partial charge in [0.15, 0.2) is 11.5 Å². The lowest BCUT2D eigenvalue weighted by atomic mass is 10.1. The summed E-state index contributed by atoms with van der Waals surface area (Å²) >= 11 is 0. The third kappa shape index (κ3) is 5.13. The molecule has 0 heterocycles. The second-order valence-electron chi connectivity index (χ2n) is 6.85. The van der Waals surface area contributed by atoms with Crippen molar-refractivity contribution in [2.24, 2.45) is 5.10 Å². The molecule has 144 valence electrons. The molecule has 0 radical (unpaired) electrons. The van der Waals surface area contributed by atoms with Gasteiger partial charge in [0.05, 0.1) is 19.0 Å². The highest BCUT2D eigenvalue weighted by atomic mass is 16.5. The van der Waals surface area contributed by atoms with E-state index in [1.165, 1.54) is 16.7 Å². The van der Waals surface area contributed by atoms with E-state index in [1.807, 2.05) is 24.3 Å². The van der Waals surface area contributed by atoms with E-state index in [0.29, 0.717) is 18.1 Å². The Hall–Kier alpha value is -3.27. The number of methoxy groups -OCH3 is 1. The Morgan fingerprint density at radius 3 is 2.36 bits per heavy atom. The van der Waals surface area contributed by atoms with Gasteiger partial charge in [-0.2, -0.15) is 5.10 Å². The monoisotopic (exact) mass is 374 g/mol. The molecule has 0 saturated carbocycles. The molecule has 0 fully saturated rings. The minimum atomic E-state index is 0.484. The Kier molecular flexibility index (Phi) is 6.33. The zero-order chi connectivity index (χ0) is 19.9. The summed E-state index contributed by atoms with van der Waals surface area (Å²) in [6.07, 6.45) is 1.77. The van der Waals surface area contributed by atoms with Crippen molar-refractivity contribution in [3.63, 3.8) is 0 Å². The summed E-state index contributed by atoms with van der Waals surface area (Å²) in [5.41, 5.74) is 9.80. The number of benzene rings is 3. The summed E-state index contributed by atoms with van der Waals surface area (Å²) in [6.45, 7) is 6.74. The average Bonchev–Trinajstić information content (AvgIpc) is 2.70. The zero-order valence-electron chi connectivity index (χ0n) is 16.8. The van der Waals surface area contributed by atoms with E-state index in [9.17, 15) is 0 Å². The van der Waals surface area contributed by atoms with Gasteiger partial charge in [-0.15, -0.1) is 0 Å². The molecule has 0 atom stereocenters. The van der Waals surface area contributed by atoms with E-state index in [2.05, 4.69) is 67.7 Å². The van der Waals surface area contributed by atoms with Crippen molar-refractivity contribution in [1.29, 1.82) is 0 Å². The molecule has 3 rings (SSSR count). The van der Waals surface area contributed by atoms with E-state index in [0.717, 1.165) is 16.8 Å². The van der Waals surface area contributed by atoms with Gasteiger partial charge >= 0.3 is 0 Å². The second kappa shape index (κ2) is 9.09. The van der Waals surface area contributed by atoms with Crippen molar-refractivity contribution in [2.75, 3.05) is 12.5 Å². The molecule has 0 aliphatic heterocycles. The second-order valence-corrected chi connectivity index (χ2v) is 6.85. The van der Waals surface area contributed by atoms with E-state index in [4.69, 9.17) is 9.47 Å². The van der Waals surface area contributed by atoms with Crippen molar-refractivity contribution in [2.45, 2.75) is 27.4 Å². The number of nitrogens with one attached hydrogen (secondary N) is 1. The lowest BCUT2D eigenvalue weighted by molar-refractivity contribution is 0.284.